The average Bonchev–Trinajstić information content (AvgIpc) is 2.52. The summed E-state index contributed by atoms with van der Waals surface area (Å²) in [6.07, 6.45) is 1.34. The molecule has 0 unspecified atom stereocenters. The van der Waals surface area contributed by atoms with Gasteiger partial charge in [-0.15, -0.1) is 0 Å². The van der Waals surface area contributed by atoms with Crippen LogP contribution < -0.4 is 10.6 Å². The Kier molecular flexibility index (Phi) is 5.23. The first-order valence-corrected chi connectivity index (χ1v) is 7.11. The SMILES string of the molecule is Cc1cc(Cl)ccc1N/C=C(/C#N)C(=O)Nc1ccc(O)cc1. The number of carbonyl (C=O) groups excluding carboxylic acids is 1. The quantitative estimate of drug-likeness (QED) is 0.453. The van der Waals surface area contributed by atoms with E-state index in [1.165, 1.54) is 18.3 Å². The highest BCUT2D eigenvalue weighted by molar-refractivity contribution is 6.30. The molecule has 6 heteroatoms. The first-order chi connectivity index (χ1) is 11.0. The lowest BCUT2D eigenvalue weighted by molar-refractivity contribution is -0.112. The fourth-order valence-electron chi connectivity index (χ4n) is 1.83. The van der Waals surface area contributed by atoms with E-state index in [2.05, 4.69) is 10.6 Å². The fourth-order valence-corrected chi connectivity index (χ4v) is 2.06. The number of hydrogen-bond acceptors (Lipinski definition) is 4. The molecule has 23 heavy (non-hydrogen) atoms. The fraction of sp³-hybridized carbons (Fsp3) is 0.0588. The maximum atomic E-state index is 12.1. The van der Waals surface area contributed by atoms with Gasteiger partial charge < -0.3 is 15.7 Å². The zero-order chi connectivity index (χ0) is 16.8. The number of anilines is 2. The van der Waals surface area contributed by atoms with Gasteiger partial charge in [0.15, 0.2) is 0 Å². The average molecular weight is 328 g/mol. The van der Waals surface area contributed by atoms with Crippen LogP contribution in [0, 0.1) is 18.3 Å². The van der Waals surface area contributed by atoms with Crippen molar-refractivity contribution < 1.29 is 9.90 Å². The molecule has 0 fully saturated rings. The van der Waals surface area contributed by atoms with Gasteiger partial charge in [-0.2, -0.15) is 5.26 Å². The number of amides is 1. The van der Waals surface area contributed by atoms with Gasteiger partial charge in [0.05, 0.1) is 0 Å². The van der Waals surface area contributed by atoms with Crippen molar-refractivity contribution in [1.82, 2.24) is 0 Å². The molecule has 3 N–H and O–H groups in total. The minimum Gasteiger partial charge on any atom is -0.508 e. The molecular formula is C17H14ClN3O2. The number of hydrogen-bond donors (Lipinski definition) is 3. The van der Waals surface area contributed by atoms with E-state index in [4.69, 9.17) is 16.9 Å². The molecule has 1 amide bonds. The maximum absolute atomic E-state index is 12.1. The topological polar surface area (TPSA) is 85.2 Å². The number of phenols is 1. The third kappa shape index (κ3) is 4.50. The predicted octanol–water partition coefficient (Wildman–Crippen LogP) is 3.81. The Balaban J connectivity index is 2.10. The Morgan fingerprint density at radius 2 is 1.96 bits per heavy atom. The van der Waals surface area contributed by atoms with E-state index in [-0.39, 0.29) is 11.3 Å². The van der Waals surface area contributed by atoms with E-state index in [0.717, 1.165) is 11.3 Å². The molecule has 0 heterocycles. The first kappa shape index (κ1) is 16.4. The number of halogens is 1. The van der Waals surface area contributed by atoms with Crippen LogP contribution in [0.15, 0.2) is 54.2 Å². The van der Waals surface area contributed by atoms with Crippen molar-refractivity contribution in [2.45, 2.75) is 6.92 Å². The summed E-state index contributed by atoms with van der Waals surface area (Å²) >= 11 is 5.88. The van der Waals surface area contributed by atoms with Crippen LogP contribution in [0.5, 0.6) is 5.75 Å². The number of aromatic hydroxyl groups is 1. The number of nitriles is 1. The highest BCUT2D eigenvalue weighted by Gasteiger charge is 2.09. The molecule has 0 aliphatic carbocycles. The van der Waals surface area contributed by atoms with E-state index in [9.17, 15) is 9.90 Å². The van der Waals surface area contributed by atoms with Crippen LogP contribution in [0.3, 0.4) is 0 Å². The zero-order valence-corrected chi connectivity index (χ0v) is 13.1. The number of nitrogens with one attached hydrogen (secondary N) is 2. The Hall–Kier alpha value is -2.97. The Morgan fingerprint density at radius 3 is 2.57 bits per heavy atom. The molecule has 0 radical (unpaired) electrons. The third-order valence-corrected chi connectivity index (χ3v) is 3.29. The normalized spacial score (nSPS) is 10.7. The number of nitrogens with zero attached hydrogens (tertiary/aromatic N) is 1. The number of carbonyl (C=O) groups is 1. The van der Waals surface area contributed by atoms with Crippen LogP contribution in [0.25, 0.3) is 0 Å². The van der Waals surface area contributed by atoms with Crippen LogP contribution in [-0.2, 0) is 4.79 Å². The second kappa shape index (κ2) is 7.34. The lowest BCUT2D eigenvalue weighted by Gasteiger charge is -2.07. The van der Waals surface area contributed by atoms with E-state index >= 15 is 0 Å². The molecule has 5 nitrogen and oxygen atoms in total. The van der Waals surface area contributed by atoms with Crippen molar-refractivity contribution in [3.05, 3.63) is 64.8 Å². The minimum atomic E-state index is -0.544. The van der Waals surface area contributed by atoms with Crippen LogP contribution in [0.2, 0.25) is 5.02 Å². The molecule has 0 spiro atoms. The Labute approximate surface area is 138 Å². The smallest absolute Gasteiger partial charge is 0.267 e. The molecule has 0 bridgehead atoms. The first-order valence-electron chi connectivity index (χ1n) is 6.73. The van der Waals surface area contributed by atoms with Gasteiger partial charge in [0.2, 0.25) is 0 Å². The van der Waals surface area contributed by atoms with Gasteiger partial charge in [0.1, 0.15) is 17.4 Å². The number of benzene rings is 2. The molecule has 0 aliphatic rings. The summed E-state index contributed by atoms with van der Waals surface area (Å²) < 4.78 is 0. The summed E-state index contributed by atoms with van der Waals surface area (Å²) in [6, 6.07) is 13.1. The number of rotatable bonds is 4. The predicted molar refractivity (Wildman–Crippen MR) is 90.2 cm³/mol. The highest BCUT2D eigenvalue weighted by Crippen LogP contribution is 2.20. The molecule has 0 atom stereocenters. The lowest BCUT2D eigenvalue weighted by atomic mass is 10.2. The molecule has 2 aromatic rings. The molecule has 0 aromatic heterocycles. The monoisotopic (exact) mass is 327 g/mol. The van der Waals surface area contributed by atoms with Gasteiger partial charge in [-0.05, 0) is 55.0 Å². The van der Waals surface area contributed by atoms with Crippen molar-refractivity contribution in [2.75, 3.05) is 10.6 Å². The van der Waals surface area contributed by atoms with Gasteiger partial charge in [-0.1, -0.05) is 11.6 Å². The molecule has 0 saturated carbocycles. The molecule has 0 aliphatic heterocycles. The standard InChI is InChI=1S/C17H14ClN3O2/c1-11-8-13(18)2-7-16(11)20-10-12(9-19)17(23)21-14-3-5-15(22)6-4-14/h2-8,10,20,22H,1H3,(H,21,23)/b12-10-. The third-order valence-electron chi connectivity index (χ3n) is 3.05. The number of phenolic OH excluding ortho intramolecular Hbond substituents is 1. The lowest BCUT2D eigenvalue weighted by Crippen LogP contribution is -2.14. The van der Waals surface area contributed by atoms with Crippen molar-refractivity contribution in [3.63, 3.8) is 0 Å². The summed E-state index contributed by atoms with van der Waals surface area (Å²) in [7, 11) is 0. The largest absolute Gasteiger partial charge is 0.508 e. The van der Waals surface area contributed by atoms with Gasteiger partial charge in [-0.3, -0.25) is 4.79 Å². The van der Waals surface area contributed by atoms with Crippen molar-refractivity contribution in [3.8, 4) is 11.8 Å². The molecule has 2 rings (SSSR count). The maximum Gasteiger partial charge on any atom is 0.267 e. The van der Waals surface area contributed by atoms with E-state index in [0.29, 0.717) is 10.7 Å². The molecule has 116 valence electrons. The second-order valence-corrected chi connectivity index (χ2v) is 5.21. The van der Waals surface area contributed by atoms with E-state index in [1.807, 2.05) is 13.0 Å². The summed E-state index contributed by atoms with van der Waals surface area (Å²) in [5.41, 5.74) is 2.05. The van der Waals surface area contributed by atoms with E-state index < -0.39 is 5.91 Å². The van der Waals surface area contributed by atoms with Gasteiger partial charge in [0.25, 0.3) is 5.91 Å². The van der Waals surface area contributed by atoms with Gasteiger partial charge in [-0.25, -0.2) is 0 Å². The van der Waals surface area contributed by atoms with Crippen LogP contribution in [-0.4, -0.2) is 11.0 Å². The highest BCUT2D eigenvalue weighted by atomic mass is 35.5. The summed E-state index contributed by atoms with van der Waals surface area (Å²) in [5.74, 6) is -0.448. The minimum absolute atomic E-state index is 0.0765. The van der Waals surface area contributed by atoms with Crippen molar-refractivity contribution in [2.24, 2.45) is 0 Å². The molecule has 2 aromatic carbocycles. The Bertz CT molecular complexity index is 792. The Morgan fingerprint density at radius 1 is 1.26 bits per heavy atom. The zero-order valence-electron chi connectivity index (χ0n) is 12.3. The summed E-state index contributed by atoms with van der Waals surface area (Å²) in [6.45, 7) is 1.87. The van der Waals surface area contributed by atoms with Crippen molar-refractivity contribution in [1.29, 1.82) is 5.26 Å². The summed E-state index contributed by atoms with van der Waals surface area (Å²) in [5, 5.41) is 24.5. The van der Waals surface area contributed by atoms with Crippen LogP contribution in [0.1, 0.15) is 5.56 Å². The van der Waals surface area contributed by atoms with Gasteiger partial charge >= 0.3 is 0 Å². The van der Waals surface area contributed by atoms with Crippen LogP contribution >= 0.6 is 11.6 Å². The second-order valence-electron chi connectivity index (χ2n) is 4.77. The van der Waals surface area contributed by atoms with Crippen LogP contribution in [0.4, 0.5) is 11.4 Å². The molecule has 0 saturated heterocycles. The summed E-state index contributed by atoms with van der Waals surface area (Å²) in [4.78, 5) is 12.1. The van der Waals surface area contributed by atoms with E-state index in [1.54, 1.807) is 30.3 Å². The van der Waals surface area contributed by atoms with Crippen molar-refractivity contribution >= 4 is 28.9 Å². The number of aryl methyl sites for hydroxylation is 1. The van der Waals surface area contributed by atoms with Gasteiger partial charge in [0, 0.05) is 22.6 Å². The molecular weight excluding hydrogens is 314 g/mol.